The van der Waals surface area contributed by atoms with Gasteiger partial charge in [0, 0.05) is 33.9 Å². The topological polar surface area (TPSA) is 49.1 Å². The van der Waals surface area contributed by atoms with Crippen LogP contribution in [0.15, 0.2) is 42.5 Å². The number of aromatic nitrogens is 1. The van der Waals surface area contributed by atoms with Crippen LogP contribution in [-0.4, -0.2) is 23.2 Å². The fourth-order valence-electron chi connectivity index (χ4n) is 2.95. The number of hydrogen-bond acceptors (Lipinski definition) is 2. The zero-order valence-electron chi connectivity index (χ0n) is 14.9. The minimum absolute atomic E-state index is 0.602. The molecule has 136 valence electrons. The van der Waals surface area contributed by atoms with Crippen molar-refractivity contribution in [1.29, 1.82) is 0 Å². The van der Waals surface area contributed by atoms with Crippen LogP contribution in [0, 0.1) is 6.92 Å². The molecule has 6 heteroatoms. The van der Waals surface area contributed by atoms with E-state index in [9.17, 15) is 0 Å². The molecule has 26 heavy (non-hydrogen) atoms. The van der Waals surface area contributed by atoms with Gasteiger partial charge in [0.2, 0.25) is 0 Å². The molecule has 0 amide bonds. The molecule has 0 spiro atoms. The second-order valence-corrected chi connectivity index (χ2v) is 6.85. The van der Waals surface area contributed by atoms with Crippen LogP contribution in [0.2, 0.25) is 5.02 Å². The number of rotatable bonds is 6. The molecule has 3 aromatic rings. The largest absolute Gasteiger partial charge is 0.494 e. The van der Waals surface area contributed by atoms with E-state index in [0.29, 0.717) is 11.7 Å². The fraction of sp³-hybridized carbons (Fsp3) is 0.250. The lowest BCUT2D eigenvalue weighted by molar-refractivity contribution is 0.340. The van der Waals surface area contributed by atoms with Gasteiger partial charge in [-0.25, -0.2) is 0 Å². The number of ether oxygens (including phenoxy) is 1. The van der Waals surface area contributed by atoms with Gasteiger partial charge in [-0.1, -0.05) is 11.6 Å². The minimum atomic E-state index is 0.602. The van der Waals surface area contributed by atoms with Gasteiger partial charge in [0.15, 0.2) is 5.11 Å². The third-order valence-electron chi connectivity index (χ3n) is 4.17. The molecule has 0 radical (unpaired) electrons. The molecular weight excluding hydrogens is 366 g/mol. The molecular formula is C20H22ClN3OS. The standard InChI is InChI=1S/C20H22ClN3OS/c1-3-25-16-7-5-15(6-8-16)24-20(26)22-11-10-17-13(2)23-19-9-4-14(21)12-18(17)19/h4-9,12,23H,3,10-11H2,1-2H3,(H2,22,24,26). The fourth-order valence-corrected chi connectivity index (χ4v) is 3.35. The molecule has 0 unspecified atom stereocenters. The van der Waals surface area contributed by atoms with Crippen molar-refractivity contribution in [2.45, 2.75) is 20.3 Å². The van der Waals surface area contributed by atoms with Crippen molar-refractivity contribution in [2.24, 2.45) is 0 Å². The number of fused-ring (bicyclic) bond motifs is 1. The highest BCUT2D eigenvalue weighted by Crippen LogP contribution is 2.25. The van der Waals surface area contributed by atoms with Crippen LogP contribution in [0.1, 0.15) is 18.2 Å². The Morgan fingerprint density at radius 1 is 1.19 bits per heavy atom. The van der Waals surface area contributed by atoms with E-state index >= 15 is 0 Å². The summed E-state index contributed by atoms with van der Waals surface area (Å²) >= 11 is 11.5. The molecule has 4 nitrogen and oxygen atoms in total. The number of nitrogens with one attached hydrogen (secondary N) is 3. The van der Waals surface area contributed by atoms with Gasteiger partial charge in [-0.05, 0) is 80.5 Å². The predicted molar refractivity (Wildman–Crippen MR) is 114 cm³/mol. The predicted octanol–water partition coefficient (Wildman–Crippen LogP) is 5.06. The second-order valence-electron chi connectivity index (χ2n) is 6.01. The zero-order valence-corrected chi connectivity index (χ0v) is 16.4. The molecule has 0 saturated heterocycles. The van der Waals surface area contributed by atoms with Crippen LogP contribution in [0.3, 0.4) is 0 Å². The monoisotopic (exact) mass is 387 g/mol. The number of aromatic amines is 1. The van der Waals surface area contributed by atoms with Gasteiger partial charge in [-0.3, -0.25) is 0 Å². The lowest BCUT2D eigenvalue weighted by Gasteiger charge is -2.11. The SMILES string of the molecule is CCOc1ccc(NC(=S)NCCc2c(C)[nH]c3ccc(Cl)cc23)cc1. The van der Waals surface area contributed by atoms with E-state index in [2.05, 4.69) is 22.5 Å². The summed E-state index contributed by atoms with van der Waals surface area (Å²) in [7, 11) is 0. The van der Waals surface area contributed by atoms with Crippen LogP contribution in [0.5, 0.6) is 5.75 Å². The van der Waals surface area contributed by atoms with Gasteiger partial charge < -0.3 is 20.4 Å². The molecule has 1 aromatic heterocycles. The molecule has 0 aliphatic rings. The van der Waals surface area contributed by atoms with E-state index < -0.39 is 0 Å². The normalized spacial score (nSPS) is 10.7. The Morgan fingerprint density at radius 2 is 1.96 bits per heavy atom. The average Bonchev–Trinajstić information content (AvgIpc) is 2.92. The van der Waals surface area contributed by atoms with Gasteiger partial charge in [0.05, 0.1) is 6.61 Å². The van der Waals surface area contributed by atoms with E-state index in [-0.39, 0.29) is 0 Å². The number of anilines is 1. The van der Waals surface area contributed by atoms with Crippen molar-refractivity contribution in [2.75, 3.05) is 18.5 Å². The summed E-state index contributed by atoms with van der Waals surface area (Å²) in [5, 5.41) is 8.96. The third kappa shape index (κ3) is 4.48. The van der Waals surface area contributed by atoms with E-state index in [4.69, 9.17) is 28.6 Å². The van der Waals surface area contributed by atoms with Gasteiger partial charge in [0.25, 0.3) is 0 Å². The number of benzene rings is 2. The molecule has 1 heterocycles. The van der Waals surface area contributed by atoms with Crippen molar-refractivity contribution in [3.8, 4) is 5.75 Å². The number of halogens is 1. The Labute approximate surface area is 163 Å². The summed E-state index contributed by atoms with van der Waals surface area (Å²) in [4.78, 5) is 3.40. The number of thiocarbonyl (C=S) groups is 1. The first-order valence-corrected chi connectivity index (χ1v) is 9.40. The smallest absolute Gasteiger partial charge is 0.170 e. The highest BCUT2D eigenvalue weighted by Gasteiger charge is 2.09. The molecule has 0 bridgehead atoms. The number of aryl methyl sites for hydroxylation is 1. The Balaban J connectivity index is 1.55. The molecule has 0 atom stereocenters. The Morgan fingerprint density at radius 3 is 2.69 bits per heavy atom. The average molecular weight is 388 g/mol. The summed E-state index contributed by atoms with van der Waals surface area (Å²) in [5.74, 6) is 0.852. The van der Waals surface area contributed by atoms with E-state index in [1.165, 1.54) is 10.9 Å². The van der Waals surface area contributed by atoms with Gasteiger partial charge in [-0.15, -0.1) is 0 Å². The Bertz CT molecular complexity index is 905. The first kappa shape index (κ1) is 18.5. The van der Waals surface area contributed by atoms with Crippen LogP contribution in [-0.2, 0) is 6.42 Å². The van der Waals surface area contributed by atoms with Crippen LogP contribution < -0.4 is 15.4 Å². The maximum atomic E-state index is 6.14. The van der Waals surface area contributed by atoms with Crippen molar-refractivity contribution in [1.82, 2.24) is 10.3 Å². The van der Waals surface area contributed by atoms with Crippen molar-refractivity contribution >= 4 is 45.5 Å². The summed E-state index contributed by atoms with van der Waals surface area (Å²) in [6, 6.07) is 13.7. The molecule has 0 saturated carbocycles. The van der Waals surface area contributed by atoms with E-state index in [1.807, 2.05) is 49.4 Å². The summed E-state index contributed by atoms with van der Waals surface area (Å²) in [6.45, 7) is 5.45. The molecule has 0 aliphatic carbocycles. The molecule has 0 fully saturated rings. The van der Waals surface area contributed by atoms with Crippen LogP contribution in [0.25, 0.3) is 10.9 Å². The second kappa shape index (κ2) is 8.43. The van der Waals surface area contributed by atoms with Gasteiger partial charge in [-0.2, -0.15) is 0 Å². The number of H-pyrrole nitrogens is 1. The third-order valence-corrected chi connectivity index (χ3v) is 4.65. The highest BCUT2D eigenvalue weighted by atomic mass is 35.5. The van der Waals surface area contributed by atoms with E-state index in [1.54, 1.807) is 0 Å². The molecule has 3 rings (SSSR count). The first-order valence-electron chi connectivity index (χ1n) is 8.61. The quantitative estimate of drug-likeness (QED) is 0.517. The van der Waals surface area contributed by atoms with Crippen molar-refractivity contribution in [3.05, 3.63) is 58.7 Å². The lowest BCUT2D eigenvalue weighted by atomic mass is 10.1. The van der Waals surface area contributed by atoms with E-state index in [0.717, 1.165) is 40.6 Å². The highest BCUT2D eigenvalue weighted by molar-refractivity contribution is 7.80. The molecule has 3 N–H and O–H groups in total. The molecule has 2 aromatic carbocycles. The van der Waals surface area contributed by atoms with Crippen molar-refractivity contribution in [3.63, 3.8) is 0 Å². The Kier molecular flexibility index (Phi) is 6.01. The lowest BCUT2D eigenvalue weighted by Crippen LogP contribution is -2.30. The van der Waals surface area contributed by atoms with Crippen molar-refractivity contribution < 1.29 is 4.74 Å². The van der Waals surface area contributed by atoms with Crippen LogP contribution in [0.4, 0.5) is 5.69 Å². The van der Waals surface area contributed by atoms with Gasteiger partial charge >= 0.3 is 0 Å². The zero-order chi connectivity index (χ0) is 18.5. The summed E-state index contributed by atoms with van der Waals surface area (Å²) in [6.07, 6.45) is 0.858. The summed E-state index contributed by atoms with van der Waals surface area (Å²) in [5.41, 5.74) is 4.46. The maximum Gasteiger partial charge on any atom is 0.170 e. The number of hydrogen-bond donors (Lipinski definition) is 3. The first-order chi connectivity index (χ1) is 12.6. The van der Waals surface area contributed by atoms with Gasteiger partial charge in [0.1, 0.15) is 5.75 Å². The maximum absolute atomic E-state index is 6.14. The molecule has 0 aliphatic heterocycles. The minimum Gasteiger partial charge on any atom is -0.494 e. The Hall–Kier alpha value is -2.24. The summed E-state index contributed by atoms with van der Waals surface area (Å²) < 4.78 is 5.44. The van der Waals surface area contributed by atoms with Crippen LogP contribution >= 0.6 is 23.8 Å².